The summed E-state index contributed by atoms with van der Waals surface area (Å²) in [5.74, 6) is -1.63. The lowest BCUT2D eigenvalue weighted by molar-refractivity contribution is -0.159. The van der Waals surface area contributed by atoms with Gasteiger partial charge in [-0.25, -0.2) is 9.59 Å². The van der Waals surface area contributed by atoms with Crippen LogP contribution in [0.2, 0.25) is 0 Å². The Bertz CT molecular complexity index is 1620. The van der Waals surface area contributed by atoms with Crippen molar-refractivity contribution in [3.8, 4) is 21.9 Å². The van der Waals surface area contributed by atoms with Gasteiger partial charge < -0.3 is 24.6 Å². The minimum absolute atomic E-state index is 0.0938. The van der Waals surface area contributed by atoms with Gasteiger partial charge in [-0.15, -0.1) is 11.3 Å². The zero-order valence-electron chi connectivity index (χ0n) is 26.0. The van der Waals surface area contributed by atoms with Crippen LogP contribution in [-0.4, -0.2) is 83.3 Å². The fourth-order valence-corrected chi connectivity index (χ4v) is 7.09. The molecule has 9 nitrogen and oxygen atoms in total. The largest absolute Gasteiger partial charge is 0.492 e. The number of benzene rings is 3. The Labute approximate surface area is 273 Å². The van der Waals surface area contributed by atoms with Crippen molar-refractivity contribution in [1.29, 1.82) is 0 Å². The predicted octanol–water partition coefficient (Wildman–Crippen LogP) is 6.18. The van der Waals surface area contributed by atoms with Gasteiger partial charge in [-0.2, -0.15) is 0 Å². The van der Waals surface area contributed by atoms with Crippen LogP contribution in [0, 0.1) is 0 Å². The van der Waals surface area contributed by atoms with Crippen LogP contribution in [-0.2, 0) is 20.8 Å². The fourth-order valence-electron chi connectivity index (χ4n) is 5.86. The van der Waals surface area contributed by atoms with Gasteiger partial charge in [-0.1, -0.05) is 30.3 Å². The number of hydrogen-bond acceptors (Lipinski definition) is 7. The zero-order chi connectivity index (χ0) is 32.5. The van der Waals surface area contributed by atoms with Crippen molar-refractivity contribution in [2.24, 2.45) is 0 Å². The van der Waals surface area contributed by atoms with E-state index in [1.807, 2.05) is 16.2 Å². The maximum atomic E-state index is 12.0. The van der Waals surface area contributed by atoms with E-state index in [-0.39, 0.29) is 11.9 Å². The van der Waals surface area contributed by atoms with Gasteiger partial charge in [0.15, 0.2) is 0 Å². The number of carboxylic acids is 2. The molecular weight excluding hydrogens is 604 g/mol. The maximum Gasteiger partial charge on any atom is 0.414 e. The Hall–Kier alpha value is -4.41. The predicted molar refractivity (Wildman–Crippen MR) is 179 cm³/mol. The van der Waals surface area contributed by atoms with E-state index in [9.17, 15) is 4.79 Å². The highest BCUT2D eigenvalue weighted by molar-refractivity contribution is 7.22. The van der Waals surface area contributed by atoms with E-state index in [4.69, 9.17) is 29.3 Å². The number of carbonyl (C=O) groups is 3. The molecule has 0 bridgehead atoms. The smallest absolute Gasteiger partial charge is 0.414 e. The molecule has 1 unspecified atom stereocenters. The summed E-state index contributed by atoms with van der Waals surface area (Å²) in [6.45, 7) is 7.57. The first-order valence-corrected chi connectivity index (χ1v) is 16.5. The molecule has 4 aromatic rings. The van der Waals surface area contributed by atoms with E-state index in [0.29, 0.717) is 13.0 Å². The molecule has 2 saturated heterocycles. The van der Waals surface area contributed by atoms with Gasteiger partial charge >= 0.3 is 11.9 Å². The van der Waals surface area contributed by atoms with Crippen molar-refractivity contribution in [2.45, 2.75) is 45.1 Å². The third-order valence-corrected chi connectivity index (χ3v) is 9.57. The molecule has 0 saturated carbocycles. The Morgan fingerprint density at radius 3 is 2.15 bits per heavy atom. The van der Waals surface area contributed by atoms with Gasteiger partial charge in [-0.3, -0.25) is 9.69 Å². The van der Waals surface area contributed by atoms with E-state index >= 15 is 0 Å². The molecule has 0 aliphatic carbocycles. The van der Waals surface area contributed by atoms with E-state index in [1.54, 1.807) is 0 Å². The zero-order valence-corrected chi connectivity index (χ0v) is 26.8. The molecule has 242 valence electrons. The Morgan fingerprint density at radius 2 is 1.50 bits per heavy atom. The summed E-state index contributed by atoms with van der Waals surface area (Å²) < 4.78 is 13.4. The van der Waals surface area contributed by atoms with Crippen molar-refractivity contribution < 1.29 is 34.1 Å². The summed E-state index contributed by atoms with van der Waals surface area (Å²) >= 11 is 1.86. The highest BCUT2D eigenvalue weighted by atomic mass is 32.1. The molecule has 0 radical (unpaired) electrons. The van der Waals surface area contributed by atoms with Crippen LogP contribution in [0.15, 0.2) is 72.8 Å². The highest BCUT2D eigenvalue weighted by Crippen LogP contribution is 2.40. The van der Waals surface area contributed by atoms with Crippen LogP contribution in [0.3, 0.4) is 0 Å². The van der Waals surface area contributed by atoms with Gasteiger partial charge in [-0.05, 0) is 110 Å². The molecule has 1 amide bonds. The maximum absolute atomic E-state index is 12.0. The molecule has 46 heavy (non-hydrogen) atoms. The van der Waals surface area contributed by atoms with Crippen LogP contribution in [0.1, 0.15) is 43.7 Å². The molecule has 2 aliphatic rings. The Morgan fingerprint density at radius 1 is 0.848 bits per heavy atom. The summed E-state index contributed by atoms with van der Waals surface area (Å²) in [6, 6.07) is 25.8. The molecule has 1 aromatic heterocycles. The second kappa shape index (κ2) is 15.7. The van der Waals surface area contributed by atoms with Crippen LogP contribution < -0.4 is 9.47 Å². The fraction of sp³-hybridized carbons (Fsp3) is 0.361. The number of carbonyl (C=O) groups excluding carboxylic acids is 1. The lowest BCUT2D eigenvalue weighted by Gasteiger charge is -2.24. The molecule has 1 atom stereocenters. The minimum Gasteiger partial charge on any atom is -0.492 e. The first-order chi connectivity index (χ1) is 22.3. The van der Waals surface area contributed by atoms with E-state index in [0.717, 1.165) is 44.0 Å². The molecule has 3 heterocycles. The molecule has 2 N–H and O–H groups in total. The van der Waals surface area contributed by atoms with E-state index < -0.39 is 11.9 Å². The summed E-state index contributed by atoms with van der Waals surface area (Å²) in [7, 11) is 0. The minimum atomic E-state index is -1.82. The molecular formula is C36H40N2O7S. The van der Waals surface area contributed by atoms with Gasteiger partial charge in [0, 0.05) is 29.1 Å². The Balaban J connectivity index is 0.000000635. The Kier molecular flexibility index (Phi) is 11.3. The first-order valence-electron chi connectivity index (χ1n) is 15.7. The van der Waals surface area contributed by atoms with Gasteiger partial charge in [0.05, 0.1) is 6.04 Å². The second-order valence-electron chi connectivity index (χ2n) is 11.6. The molecule has 0 spiro atoms. The normalized spacial score (nSPS) is 15.4. The molecule has 6 rings (SSSR count). The van der Waals surface area contributed by atoms with Crippen molar-refractivity contribution in [3.63, 3.8) is 0 Å². The number of thiophene rings is 1. The lowest BCUT2D eigenvalue weighted by Crippen LogP contribution is -2.38. The van der Waals surface area contributed by atoms with Crippen LogP contribution in [0.4, 0.5) is 0 Å². The van der Waals surface area contributed by atoms with Crippen molar-refractivity contribution in [2.75, 3.05) is 39.4 Å². The van der Waals surface area contributed by atoms with E-state index in [2.05, 4.69) is 84.6 Å². The van der Waals surface area contributed by atoms with Crippen molar-refractivity contribution >= 4 is 39.3 Å². The summed E-state index contributed by atoms with van der Waals surface area (Å²) in [5, 5.41) is 16.1. The summed E-state index contributed by atoms with van der Waals surface area (Å²) in [6.07, 6.45) is 5.09. The number of carboxylic acid groups (broad SMARTS) is 2. The van der Waals surface area contributed by atoms with E-state index in [1.165, 1.54) is 57.6 Å². The number of rotatable bonds is 11. The van der Waals surface area contributed by atoms with Crippen LogP contribution in [0.25, 0.3) is 20.5 Å². The van der Waals surface area contributed by atoms with Gasteiger partial charge in [0.25, 0.3) is 0 Å². The van der Waals surface area contributed by atoms with Gasteiger partial charge in [0.2, 0.25) is 5.91 Å². The van der Waals surface area contributed by atoms with Crippen molar-refractivity contribution in [1.82, 2.24) is 9.80 Å². The third kappa shape index (κ3) is 8.64. The second-order valence-corrected chi connectivity index (χ2v) is 12.7. The molecule has 10 heteroatoms. The number of likely N-dealkylation sites (tertiary alicyclic amines) is 2. The standard InChI is InChI=1S/C34H38N2O3S.C2H2O4/c1-25(36-20-6-9-33(36)37)24-39-29-14-10-26(11-15-29)23-31-30-7-2-3-8-32(30)40-34(31)27-12-16-28(17-13-27)38-22-21-35-18-4-5-19-35;3-1(4)2(5)6/h2-3,7-8,10-17,25H,4-6,9,18-24H2,1H3;(H,3,4)(H,5,6). The SMILES string of the molecule is CC(COc1ccc(Cc2c(-c3ccc(OCCN4CCCC4)cc3)sc3ccccc23)cc1)N1CCCC1=O.O=C(O)C(=O)O. The van der Waals surface area contributed by atoms with Crippen LogP contribution in [0.5, 0.6) is 11.5 Å². The monoisotopic (exact) mass is 644 g/mol. The average molecular weight is 645 g/mol. The number of amides is 1. The average Bonchev–Trinajstić information content (AvgIpc) is 3.82. The summed E-state index contributed by atoms with van der Waals surface area (Å²) in [4.78, 5) is 35.9. The first kappa shape index (κ1) is 33.0. The number of fused-ring (bicyclic) bond motifs is 1. The van der Waals surface area contributed by atoms with Crippen molar-refractivity contribution in [3.05, 3.63) is 83.9 Å². The molecule has 3 aromatic carbocycles. The van der Waals surface area contributed by atoms with Gasteiger partial charge in [0.1, 0.15) is 24.7 Å². The summed E-state index contributed by atoms with van der Waals surface area (Å²) in [5.41, 5.74) is 3.84. The quantitative estimate of drug-likeness (QED) is 0.186. The lowest BCUT2D eigenvalue weighted by atomic mass is 9.99. The highest BCUT2D eigenvalue weighted by Gasteiger charge is 2.25. The number of nitrogens with zero attached hydrogens (tertiary/aromatic N) is 2. The number of aliphatic carboxylic acids is 2. The van der Waals surface area contributed by atoms with Crippen LogP contribution >= 0.6 is 11.3 Å². The number of hydrogen-bond donors (Lipinski definition) is 2. The third-order valence-electron chi connectivity index (χ3n) is 8.31. The molecule has 2 aliphatic heterocycles. The molecule has 2 fully saturated rings. The number of ether oxygens (including phenoxy) is 2. The topological polar surface area (TPSA) is 117 Å².